The Balaban J connectivity index is 1.70. The number of aromatic nitrogens is 2. The molecule has 0 unspecified atom stereocenters. The molecule has 0 bridgehead atoms. The van der Waals surface area contributed by atoms with Crippen molar-refractivity contribution in [2.75, 3.05) is 45.1 Å². The van der Waals surface area contributed by atoms with Gasteiger partial charge >= 0.3 is 0 Å². The number of H-pyrrole nitrogens is 1. The van der Waals surface area contributed by atoms with E-state index in [1.165, 1.54) is 6.07 Å². The van der Waals surface area contributed by atoms with Gasteiger partial charge in [-0.05, 0) is 6.92 Å². The average Bonchev–Trinajstić information content (AvgIpc) is 2.38. The van der Waals surface area contributed by atoms with Gasteiger partial charge in [0, 0.05) is 44.7 Å². The SMILES string of the molecule is C[C@@H](CN1CCOCC1)NCCc1nc(N)cc(=O)[nH]1. The summed E-state index contributed by atoms with van der Waals surface area (Å²) in [6, 6.07) is 1.68. The molecule has 1 saturated heterocycles. The van der Waals surface area contributed by atoms with Crippen molar-refractivity contribution >= 4 is 5.82 Å². The molecular formula is C13H23N5O2. The zero-order valence-electron chi connectivity index (χ0n) is 11.9. The minimum absolute atomic E-state index is 0.200. The quantitative estimate of drug-likeness (QED) is 0.632. The molecule has 7 heteroatoms. The number of nitrogens with one attached hydrogen (secondary N) is 2. The average molecular weight is 281 g/mol. The summed E-state index contributed by atoms with van der Waals surface area (Å²) in [5.74, 6) is 0.895. The summed E-state index contributed by atoms with van der Waals surface area (Å²) in [7, 11) is 0. The maximum absolute atomic E-state index is 11.3. The van der Waals surface area contributed by atoms with Crippen LogP contribution < -0.4 is 16.6 Å². The van der Waals surface area contributed by atoms with E-state index in [1.807, 2.05) is 0 Å². The van der Waals surface area contributed by atoms with Crippen LogP contribution >= 0.6 is 0 Å². The fourth-order valence-corrected chi connectivity index (χ4v) is 2.32. The first-order chi connectivity index (χ1) is 9.63. The Morgan fingerprint density at radius 2 is 2.30 bits per heavy atom. The maximum Gasteiger partial charge on any atom is 0.252 e. The highest BCUT2D eigenvalue weighted by atomic mass is 16.5. The number of nitrogens with zero attached hydrogens (tertiary/aromatic N) is 2. The fraction of sp³-hybridized carbons (Fsp3) is 0.692. The third kappa shape index (κ3) is 4.92. The molecule has 20 heavy (non-hydrogen) atoms. The second kappa shape index (κ2) is 7.37. The summed E-state index contributed by atoms with van der Waals surface area (Å²) in [5.41, 5.74) is 5.34. The molecule has 1 aliphatic rings. The highest BCUT2D eigenvalue weighted by Gasteiger charge is 2.13. The summed E-state index contributed by atoms with van der Waals surface area (Å²) in [6.07, 6.45) is 0.660. The number of morpholine rings is 1. The van der Waals surface area contributed by atoms with Crippen LogP contribution in [0.4, 0.5) is 5.82 Å². The first-order valence-corrected chi connectivity index (χ1v) is 7.02. The molecule has 0 aliphatic carbocycles. The first-order valence-electron chi connectivity index (χ1n) is 7.02. The van der Waals surface area contributed by atoms with E-state index in [-0.39, 0.29) is 11.4 Å². The molecule has 4 N–H and O–H groups in total. The third-order valence-electron chi connectivity index (χ3n) is 3.30. The van der Waals surface area contributed by atoms with E-state index < -0.39 is 0 Å². The molecular weight excluding hydrogens is 258 g/mol. The Hall–Kier alpha value is -1.44. The van der Waals surface area contributed by atoms with Crippen LogP contribution in [0.5, 0.6) is 0 Å². The molecule has 0 amide bonds. The van der Waals surface area contributed by atoms with Crippen molar-refractivity contribution in [1.82, 2.24) is 20.2 Å². The summed E-state index contributed by atoms with van der Waals surface area (Å²) in [4.78, 5) is 20.4. The Labute approximate surface area is 118 Å². The van der Waals surface area contributed by atoms with Gasteiger partial charge < -0.3 is 20.8 Å². The van der Waals surface area contributed by atoms with Gasteiger partial charge in [0.1, 0.15) is 11.6 Å². The molecule has 2 heterocycles. The van der Waals surface area contributed by atoms with Crippen molar-refractivity contribution in [1.29, 1.82) is 0 Å². The molecule has 1 fully saturated rings. The highest BCUT2D eigenvalue weighted by molar-refractivity contribution is 5.25. The molecule has 1 aromatic rings. The lowest BCUT2D eigenvalue weighted by Gasteiger charge is -2.29. The lowest BCUT2D eigenvalue weighted by molar-refractivity contribution is 0.0344. The van der Waals surface area contributed by atoms with E-state index in [4.69, 9.17) is 10.5 Å². The van der Waals surface area contributed by atoms with Gasteiger partial charge in [0.05, 0.1) is 13.2 Å². The normalized spacial score (nSPS) is 18.1. The smallest absolute Gasteiger partial charge is 0.252 e. The summed E-state index contributed by atoms with van der Waals surface area (Å²) in [6.45, 7) is 7.56. The van der Waals surface area contributed by atoms with Gasteiger partial charge in [-0.2, -0.15) is 0 Å². The molecule has 0 radical (unpaired) electrons. The Bertz CT molecular complexity index is 470. The van der Waals surface area contributed by atoms with Gasteiger partial charge in [0.15, 0.2) is 0 Å². The lowest BCUT2D eigenvalue weighted by atomic mass is 10.2. The third-order valence-corrected chi connectivity index (χ3v) is 3.30. The van der Waals surface area contributed by atoms with E-state index in [1.54, 1.807) is 0 Å². The molecule has 1 aliphatic heterocycles. The molecule has 0 saturated carbocycles. The van der Waals surface area contributed by atoms with Gasteiger partial charge in [-0.15, -0.1) is 0 Å². The van der Waals surface area contributed by atoms with Crippen molar-refractivity contribution in [3.63, 3.8) is 0 Å². The van der Waals surface area contributed by atoms with Crippen molar-refractivity contribution < 1.29 is 4.74 Å². The van der Waals surface area contributed by atoms with Gasteiger partial charge in [-0.3, -0.25) is 9.69 Å². The number of hydrogen-bond acceptors (Lipinski definition) is 6. The van der Waals surface area contributed by atoms with Crippen LogP contribution in [-0.2, 0) is 11.2 Å². The van der Waals surface area contributed by atoms with E-state index >= 15 is 0 Å². The van der Waals surface area contributed by atoms with Gasteiger partial charge in [0.2, 0.25) is 0 Å². The molecule has 0 spiro atoms. The molecule has 1 atom stereocenters. The Morgan fingerprint density at radius 1 is 1.55 bits per heavy atom. The molecule has 1 aromatic heterocycles. The predicted molar refractivity (Wildman–Crippen MR) is 77.7 cm³/mol. The highest BCUT2D eigenvalue weighted by Crippen LogP contribution is 1.99. The summed E-state index contributed by atoms with van der Waals surface area (Å²) < 4.78 is 5.33. The van der Waals surface area contributed by atoms with Crippen molar-refractivity contribution in [3.8, 4) is 0 Å². The number of rotatable bonds is 6. The van der Waals surface area contributed by atoms with E-state index in [0.29, 0.717) is 18.3 Å². The number of ether oxygens (including phenoxy) is 1. The standard InChI is InChI=1S/C13H23N5O2/c1-10(9-18-4-6-20-7-5-18)15-3-2-12-16-11(14)8-13(19)17-12/h8,10,15H,2-7,9H2,1H3,(H3,14,16,17,19)/t10-/m0/s1. The second-order valence-corrected chi connectivity index (χ2v) is 5.14. The van der Waals surface area contributed by atoms with Crippen molar-refractivity contribution in [2.45, 2.75) is 19.4 Å². The Kier molecular flexibility index (Phi) is 5.51. The van der Waals surface area contributed by atoms with Gasteiger partial charge in [-0.1, -0.05) is 0 Å². The maximum atomic E-state index is 11.3. The fourth-order valence-electron chi connectivity index (χ4n) is 2.32. The number of nitrogens with two attached hydrogens (primary N) is 1. The number of nitrogen functional groups attached to an aromatic ring is 1. The van der Waals surface area contributed by atoms with Gasteiger partial charge in [0.25, 0.3) is 5.56 Å². The minimum atomic E-state index is -0.200. The van der Waals surface area contributed by atoms with Crippen molar-refractivity contribution in [3.05, 3.63) is 22.2 Å². The van der Waals surface area contributed by atoms with E-state index in [2.05, 4.69) is 27.1 Å². The van der Waals surface area contributed by atoms with Crippen LogP contribution in [0, 0.1) is 0 Å². The monoisotopic (exact) mass is 281 g/mol. The minimum Gasteiger partial charge on any atom is -0.383 e. The first kappa shape index (κ1) is 15.0. The summed E-state index contributed by atoms with van der Waals surface area (Å²) >= 11 is 0. The Morgan fingerprint density at radius 3 is 3.00 bits per heavy atom. The van der Waals surface area contributed by atoms with Crippen LogP contribution in [0.3, 0.4) is 0 Å². The number of anilines is 1. The van der Waals surface area contributed by atoms with Crippen LogP contribution in [0.25, 0.3) is 0 Å². The predicted octanol–water partition coefficient (Wildman–Crippen LogP) is -0.795. The lowest BCUT2D eigenvalue weighted by Crippen LogP contribution is -2.44. The van der Waals surface area contributed by atoms with Crippen LogP contribution in [0.1, 0.15) is 12.7 Å². The summed E-state index contributed by atoms with van der Waals surface area (Å²) in [5, 5.41) is 3.43. The zero-order chi connectivity index (χ0) is 14.4. The van der Waals surface area contributed by atoms with Crippen molar-refractivity contribution in [2.24, 2.45) is 0 Å². The number of aromatic amines is 1. The molecule has 112 valence electrons. The van der Waals surface area contributed by atoms with Crippen LogP contribution in [0.15, 0.2) is 10.9 Å². The van der Waals surface area contributed by atoms with E-state index in [0.717, 1.165) is 39.4 Å². The van der Waals surface area contributed by atoms with E-state index in [9.17, 15) is 4.79 Å². The number of hydrogen-bond donors (Lipinski definition) is 3. The van der Waals surface area contributed by atoms with Crippen LogP contribution in [0.2, 0.25) is 0 Å². The van der Waals surface area contributed by atoms with Crippen LogP contribution in [-0.4, -0.2) is 60.3 Å². The topological polar surface area (TPSA) is 96.3 Å². The molecule has 0 aromatic carbocycles. The second-order valence-electron chi connectivity index (χ2n) is 5.14. The molecule has 7 nitrogen and oxygen atoms in total. The molecule has 2 rings (SSSR count). The zero-order valence-corrected chi connectivity index (χ0v) is 11.9. The largest absolute Gasteiger partial charge is 0.383 e. The van der Waals surface area contributed by atoms with Gasteiger partial charge in [-0.25, -0.2) is 4.98 Å².